The van der Waals surface area contributed by atoms with Gasteiger partial charge in [0.2, 0.25) is 5.91 Å². The normalized spacial score (nSPS) is 12.0. The number of oxazole rings is 1. The molecule has 1 aromatic carbocycles. The van der Waals surface area contributed by atoms with Gasteiger partial charge in [-0.05, 0) is 19.3 Å². The SMILES string of the molecule is COC(=O)C(CC(C)C)NC(=O)CCc1nc(C)c(-c2ccccc2)o1. The van der Waals surface area contributed by atoms with Gasteiger partial charge >= 0.3 is 5.97 Å². The molecule has 140 valence electrons. The molecule has 0 bridgehead atoms. The number of nitrogens with zero attached hydrogens (tertiary/aromatic N) is 1. The number of benzene rings is 1. The summed E-state index contributed by atoms with van der Waals surface area (Å²) in [5.74, 6) is 0.842. The van der Waals surface area contributed by atoms with E-state index in [9.17, 15) is 9.59 Å². The number of hydrogen-bond donors (Lipinski definition) is 1. The number of carbonyl (C=O) groups excluding carboxylic acids is 2. The van der Waals surface area contributed by atoms with Crippen molar-refractivity contribution >= 4 is 11.9 Å². The van der Waals surface area contributed by atoms with E-state index in [1.807, 2.05) is 51.1 Å². The van der Waals surface area contributed by atoms with Crippen molar-refractivity contribution < 1.29 is 18.7 Å². The number of nitrogens with one attached hydrogen (secondary N) is 1. The molecule has 0 aliphatic carbocycles. The second-order valence-electron chi connectivity index (χ2n) is 6.66. The van der Waals surface area contributed by atoms with Crippen molar-refractivity contribution in [2.24, 2.45) is 5.92 Å². The Bertz CT molecular complexity index is 738. The van der Waals surface area contributed by atoms with E-state index in [0.717, 1.165) is 11.3 Å². The first-order valence-electron chi connectivity index (χ1n) is 8.79. The van der Waals surface area contributed by atoms with Crippen LogP contribution in [0.5, 0.6) is 0 Å². The highest BCUT2D eigenvalue weighted by Gasteiger charge is 2.22. The lowest BCUT2D eigenvalue weighted by molar-refractivity contribution is -0.145. The van der Waals surface area contributed by atoms with Gasteiger partial charge in [0, 0.05) is 18.4 Å². The number of hydrogen-bond acceptors (Lipinski definition) is 5. The van der Waals surface area contributed by atoms with Gasteiger partial charge in [-0.1, -0.05) is 44.2 Å². The molecule has 1 atom stereocenters. The summed E-state index contributed by atoms with van der Waals surface area (Å²) in [6.45, 7) is 5.86. The Hall–Kier alpha value is -2.63. The zero-order chi connectivity index (χ0) is 19.1. The van der Waals surface area contributed by atoms with Crippen molar-refractivity contribution in [3.8, 4) is 11.3 Å². The maximum Gasteiger partial charge on any atom is 0.328 e. The Morgan fingerprint density at radius 3 is 2.54 bits per heavy atom. The average Bonchev–Trinajstić information content (AvgIpc) is 3.00. The molecule has 1 amide bonds. The topological polar surface area (TPSA) is 81.4 Å². The minimum Gasteiger partial charge on any atom is -0.467 e. The lowest BCUT2D eigenvalue weighted by Gasteiger charge is -2.18. The molecule has 0 saturated heterocycles. The van der Waals surface area contributed by atoms with Crippen LogP contribution in [0.25, 0.3) is 11.3 Å². The van der Waals surface area contributed by atoms with E-state index in [0.29, 0.717) is 24.5 Å². The number of aryl methyl sites for hydroxylation is 2. The third kappa shape index (κ3) is 5.44. The number of methoxy groups -OCH3 is 1. The monoisotopic (exact) mass is 358 g/mol. The highest BCUT2D eigenvalue weighted by molar-refractivity contribution is 5.84. The van der Waals surface area contributed by atoms with Crippen LogP contribution >= 0.6 is 0 Å². The van der Waals surface area contributed by atoms with Crippen molar-refractivity contribution in [3.05, 3.63) is 41.9 Å². The molecule has 1 unspecified atom stereocenters. The fourth-order valence-electron chi connectivity index (χ4n) is 2.73. The second-order valence-corrected chi connectivity index (χ2v) is 6.66. The molecule has 0 saturated carbocycles. The molecule has 26 heavy (non-hydrogen) atoms. The maximum absolute atomic E-state index is 12.2. The molecule has 1 aromatic heterocycles. The fraction of sp³-hybridized carbons (Fsp3) is 0.450. The molecule has 2 rings (SSSR count). The van der Waals surface area contributed by atoms with Crippen LogP contribution < -0.4 is 5.32 Å². The molecule has 6 nitrogen and oxygen atoms in total. The quantitative estimate of drug-likeness (QED) is 0.732. The third-order valence-corrected chi connectivity index (χ3v) is 3.97. The summed E-state index contributed by atoms with van der Waals surface area (Å²) in [5, 5.41) is 2.74. The van der Waals surface area contributed by atoms with E-state index in [2.05, 4.69) is 10.3 Å². The number of rotatable bonds is 8. The Morgan fingerprint density at radius 1 is 1.23 bits per heavy atom. The zero-order valence-corrected chi connectivity index (χ0v) is 15.7. The average molecular weight is 358 g/mol. The molecule has 0 aliphatic rings. The van der Waals surface area contributed by atoms with Gasteiger partial charge in [0.1, 0.15) is 6.04 Å². The van der Waals surface area contributed by atoms with E-state index in [-0.39, 0.29) is 18.2 Å². The minimum absolute atomic E-state index is 0.194. The highest BCUT2D eigenvalue weighted by Crippen LogP contribution is 2.24. The first-order valence-corrected chi connectivity index (χ1v) is 8.79. The van der Waals surface area contributed by atoms with E-state index in [4.69, 9.17) is 9.15 Å². The smallest absolute Gasteiger partial charge is 0.328 e. The van der Waals surface area contributed by atoms with Crippen molar-refractivity contribution in [2.45, 2.75) is 46.1 Å². The van der Waals surface area contributed by atoms with Gasteiger partial charge in [0.25, 0.3) is 0 Å². The molecule has 0 radical (unpaired) electrons. The number of esters is 1. The van der Waals surface area contributed by atoms with Gasteiger partial charge in [-0.15, -0.1) is 0 Å². The summed E-state index contributed by atoms with van der Waals surface area (Å²) in [7, 11) is 1.32. The summed E-state index contributed by atoms with van der Waals surface area (Å²) in [5.41, 5.74) is 1.75. The lowest BCUT2D eigenvalue weighted by Crippen LogP contribution is -2.42. The number of aromatic nitrogens is 1. The summed E-state index contributed by atoms with van der Waals surface area (Å²) >= 11 is 0. The molecular formula is C20H26N2O4. The van der Waals surface area contributed by atoms with E-state index >= 15 is 0 Å². The largest absolute Gasteiger partial charge is 0.467 e. The fourth-order valence-corrected chi connectivity index (χ4v) is 2.73. The molecule has 0 fully saturated rings. The predicted octanol–water partition coefficient (Wildman–Crippen LogP) is 3.29. The van der Waals surface area contributed by atoms with Crippen LogP contribution in [0.4, 0.5) is 0 Å². The van der Waals surface area contributed by atoms with Crippen LogP contribution in [0.15, 0.2) is 34.7 Å². The minimum atomic E-state index is -0.626. The molecule has 2 aromatic rings. The van der Waals surface area contributed by atoms with Crippen molar-refractivity contribution in [3.63, 3.8) is 0 Å². The van der Waals surface area contributed by atoms with E-state index in [1.54, 1.807) is 0 Å². The number of amides is 1. The van der Waals surface area contributed by atoms with Gasteiger partial charge < -0.3 is 14.5 Å². The van der Waals surface area contributed by atoms with Gasteiger partial charge in [0.15, 0.2) is 11.7 Å². The zero-order valence-electron chi connectivity index (χ0n) is 15.7. The molecule has 1 N–H and O–H groups in total. The molecule has 0 aliphatic heterocycles. The first-order chi connectivity index (χ1) is 12.4. The molecule has 6 heteroatoms. The summed E-state index contributed by atoms with van der Waals surface area (Å²) in [6.07, 6.45) is 1.10. The highest BCUT2D eigenvalue weighted by atomic mass is 16.5. The van der Waals surface area contributed by atoms with Crippen LogP contribution in [-0.2, 0) is 20.7 Å². The predicted molar refractivity (Wildman–Crippen MR) is 98.4 cm³/mol. The molecule has 1 heterocycles. The van der Waals surface area contributed by atoms with E-state index < -0.39 is 12.0 Å². The van der Waals surface area contributed by atoms with Crippen LogP contribution in [0, 0.1) is 12.8 Å². The van der Waals surface area contributed by atoms with Crippen LogP contribution in [0.2, 0.25) is 0 Å². The summed E-state index contributed by atoms with van der Waals surface area (Å²) in [6, 6.07) is 9.10. The maximum atomic E-state index is 12.2. The third-order valence-electron chi connectivity index (χ3n) is 3.97. The van der Waals surface area contributed by atoms with Crippen LogP contribution in [-0.4, -0.2) is 30.0 Å². The van der Waals surface area contributed by atoms with Gasteiger partial charge in [0.05, 0.1) is 12.8 Å². The Kier molecular flexibility index (Phi) is 6.95. The Labute approximate surface area is 154 Å². The summed E-state index contributed by atoms with van der Waals surface area (Å²) in [4.78, 5) is 28.4. The van der Waals surface area contributed by atoms with Crippen LogP contribution in [0.3, 0.4) is 0 Å². The molecule has 0 spiro atoms. The van der Waals surface area contributed by atoms with Gasteiger partial charge in [-0.3, -0.25) is 4.79 Å². The van der Waals surface area contributed by atoms with Crippen molar-refractivity contribution in [1.82, 2.24) is 10.3 Å². The Balaban J connectivity index is 1.96. The summed E-state index contributed by atoms with van der Waals surface area (Å²) < 4.78 is 10.6. The standard InChI is InChI=1S/C20H26N2O4/c1-13(2)12-16(20(24)25-4)22-17(23)10-11-18-21-14(3)19(26-18)15-8-6-5-7-9-15/h5-9,13,16H,10-12H2,1-4H3,(H,22,23). The van der Waals surface area contributed by atoms with Gasteiger partial charge in [-0.2, -0.15) is 0 Å². The Morgan fingerprint density at radius 2 is 1.92 bits per heavy atom. The molecular weight excluding hydrogens is 332 g/mol. The van der Waals surface area contributed by atoms with E-state index in [1.165, 1.54) is 7.11 Å². The van der Waals surface area contributed by atoms with Crippen molar-refractivity contribution in [1.29, 1.82) is 0 Å². The lowest BCUT2D eigenvalue weighted by atomic mass is 10.0. The number of carbonyl (C=O) groups is 2. The number of ether oxygens (including phenoxy) is 1. The van der Waals surface area contributed by atoms with Crippen LogP contribution in [0.1, 0.15) is 38.3 Å². The van der Waals surface area contributed by atoms with Gasteiger partial charge in [-0.25, -0.2) is 9.78 Å². The van der Waals surface area contributed by atoms with Crippen molar-refractivity contribution in [2.75, 3.05) is 7.11 Å². The second kappa shape index (κ2) is 9.17. The first kappa shape index (κ1) is 19.7.